The summed E-state index contributed by atoms with van der Waals surface area (Å²) in [4.78, 5) is 13.6. The summed E-state index contributed by atoms with van der Waals surface area (Å²) in [5, 5.41) is 22.8. The number of rotatable bonds is 6. The van der Waals surface area contributed by atoms with Crippen molar-refractivity contribution in [3.8, 4) is 16.8 Å². The smallest absolute Gasteiger partial charge is 0.237 e. The third-order valence-corrected chi connectivity index (χ3v) is 5.68. The summed E-state index contributed by atoms with van der Waals surface area (Å²) in [5.41, 5.74) is 0.957. The first-order valence-electron chi connectivity index (χ1n) is 8.07. The van der Waals surface area contributed by atoms with Crippen LogP contribution in [0.4, 0.5) is 5.69 Å². The predicted octanol–water partition coefficient (Wildman–Crippen LogP) is 4.02. The maximum absolute atomic E-state index is 12.5. The molecule has 2 aromatic heterocycles. The van der Waals surface area contributed by atoms with E-state index in [0.717, 1.165) is 10.7 Å². The molecule has 0 saturated heterocycles. The van der Waals surface area contributed by atoms with Gasteiger partial charge in [0.2, 0.25) is 5.91 Å². The molecular formula is C18H17N5OS2. The number of amides is 1. The Hall–Kier alpha value is -2.63. The van der Waals surface area contributed by atoms with Crippen molar-refractivity contribution in [1.82, 2.24) is 14.8 Å². The van der Waals surface area contributed by atoms with Crippen LogP contribution < -0.4 is 5.32 Å². The van der Waals surface area contributed by atoms with Crippen molar-refractivity contribution in [3.05, 3.63) is 47.3 Å². The van der Waals surface area contributed by atoms with Crippen LogP contribution >= 0.6 is 23.1 Å². The normalized spacial score (nSPS) is 11.7. The molecule has 1 N–H and O–H groups in total. The summed E-state index contributed by atoms with van der Waals surface area (Å²) < 4.78 is 2.00. The second-order valence-electron chi connectivity index (χ2n) is 5.43. The van der Waals surface area contributed by atoms with Crippen molar-refractivity contribution in [2.45, 2.75) is 30.8 Å². The topological polar surface area (TPSA) is 83.6 Å². The van der Waals surface area contributed by atoms with E-state index < -0.39 is 0 Å². The number of nitrogens with one attached hydrogen (secondary N) is 1. The highest BCUT2D eigenvalue weighted by molar-refractivity contribution is 8.00. The molecule has 0 unspecified atom stereocenters. The van der Waals surface area contributed by atoms with Gasteiger partial charge in [-0.1, -0.05) is 30.0 Å². The lowest BCUT2D eigenvalue weighted by Crippen LogP contribution is -2.23. The molecule has 8 heteroatoms. The molecule has 0 radical (unpaired) electrons. The highest BCUT2D eigenvalue weighted by atomic mass is 32.2. The summed E-state index contributed by atoms with van der Waals surface area (Å²) in [5.74, 6) is 0.633. The molecule has 3 rings (SSSR count). The summed E-state index contributed by atoms with van der Waals surface area (Å²) in [6.07, 6.45) is 0. The third kappa shape index (κ3) is 3.79. The Labute approximate surface area is 159 Å². The number of aromatic nitrogens is 3. The van der Waals surface area contributed by atoms with Gasteiger partial charge in [-0.3, -0.25) is 4.79 Å². The van der Waals surface area contributed by atoms with Gasteiger partial charge in [0.15, 0.2) is 11.0 Å². The quantitative estimate of drug-likeness (QED) is 0.650. The van der Waals surface area contributed by atoms with Crippen LogP contribution in [0.5, 0.6) is 0 Å². The fraction of sp³-hybridized carbons (Fsp3) is 0.222. The Morgan fingerprint density at radius 1 is 1.35 bits per heavy atom. The number of nitrogens with zero attached hydrogens (tertiary/aromatic N) is 4. The van der Waals surface area contributed by atoms with E-state index in [2.05, 4.69) is 21.6 Å². The summed E-state index contributed by atoms with van der Waals surface area (Å²) in [7, 11) is 0. The maximum atomic E-state index is 12.5. The van der Waals surface area contributed by atoms with Crippen molar-refractivity contribution < 1.29 is 4.79 Å². The van der Waals surface area contributed by atoms with Crippen molar-refractivity contribution >= 4 is 34.7 Å². The summed E-state index contributed by atoms with van der Waals surface area (Å²) in [6, 6.07) is 13.0. The Bertz CT molecular complexity index is 943. The van der Waals surface area contributed by atoms with E-state index in [9.17, 15) is 4.79 Å². The van der Waals surface area contributed by atoms with Gasteiger partial charge in [0.25, 0.3) is 0 Å². The van der Waals surface area contributed by atoms with Crippen LogP contribution in [-0.4, -0.2) is 25.9 Å². The molecule has 26 heavy (non-hydrogen) atoms. The lowest BCUT2D eigenvalue weighted by molar-refractivity contribution is -0.115. The second kappa shape index (κ2) is 8.17. The zero-order chi connectivity index (χ0) is 18.5. The van der Waals surface area contributed by atoms with Gasteiger partial charge >= 0.3 is 0 Å². The molecule has 1 aromatic carbocycles. The number of para-hydroxylation sites is 1. The molecule has 6 nitrogen and oxygen atoms in total. The monoisotopic (exact) mass is 383 g/mol. The van der Waals surface area contributed by atoms with Gasteiger partial charge < -0.3 is 9.88 Å². The van der Waals surface area contributed by atoms with Crippen LogP contribution in [-0.2, 0) is 11.3 Å². The predicted molar refractivity (Wildman–Crippen MR) is 104 cm³/mol. The Kier molecular flexibility index (Phi) is 5.71. The minimum Gasteiger partial charge on any atom is -0.324 e. The van der Waals surface area contributed by atoms with E-state index in [-0.39, 0.29) is 11.2 Å². The number of carbonyl (C=O) groups is 1. The highest BCUT2D eigenvalue weighted by Crippen LogP contribution is 2.29. The minimum atomic E-state index is -0.382. The molecule has 0 saturated carbocycles. The number of nitriles is 1. The molecule has 132 valence electrons. The maximum Gasteiger partial charge on any atom is 0.237 e. The van der Waals surface area contributed by atoms with Gasteiger partial charge in [-0.2, -0.15) is 5.26 Å². The van der Waals surface area contributed by atoms with E-state index in [4.69, 9.17) is 5.26 Å². The molecule has 0 bridgehead atoms. The summed E-state index contributed by atoms with van der Waals surface area (Å²) >= 11 is 2.96. The second-order valence-corrected chi connectivity index (χ2v) is 7.69. The Morgan fingerprint density at radius 3 is 2.85 bits per heavy atom. The van der Waals surface area contributed by atoms with Crippen LogP contribution in [0.1, 0.15) is 19.4 Å². The molecule has 0 spiro atoms. The van der Waals surface area contributed by atoms with Gasteiger partial charge in [-0.15, -0.1) is 21.5 Å². The molecule has 0 aliphatic carbocycles. The largest absolute Gasteiger partial charge is 0.324 e. The molecule has 2 heterocycles. The Balaban J connectivity index is 1.75. The zero-order valence-electron chi connectivity index (χ0n) is 14.3. The molecule has 1 atom stereocenters. The first kappa shape index (κ1) is 18.2. The van der Waals surface area contributed by atoms with Crippen molar-refractivity contribution in [1.29, 1.82) is 5.26 Å². The van der Waals surface area contributed by atoms with Gasteiger partial charge in [-0.05, 0) is 37.4 Å². The highest BCUT2D eigenvalue weighted by Gasteiger charge is 2.21. The van der Waals surface area contributed by atoms with Crippen molar-refractivity contribution in [2.75, 3.05) is 5.32 Å². The minimum absolute atomic E-state index is 0.180. The zero-order valence-corrected chi connectivity index (χ0v) is 16.0. The van der Waals surface area contributed by atoms with Crippen LogP contribution in [0.25, 0.3) is 10.7 Å². The van der Waals surface area contributed by atoms with Crippen LogP contribution in [0, 0.1) is 11.3 Å². The SMILES string of the molecule is CCn1c(S[C@@H](C)C(=O)Nc2ccccc2C#N)nnc1-c1cccs1. The van der Waals surface area contributed by atoms with Crippen LogP contribution in [0.2, 0.25) is 0 Å². The van der Waals surface area contributed by atoms with E-state index in [1.54, 1.807) is 35.6 Å². The molecule has 1 amide bonds. The van der Waals surface area contributed by atoms with Gasteiger partial charge in [0.05, 0.1) is 21.4 Å². The van der Waals surface area contributed by atoms with Crippen molar-refractivity contribution in [2.24, 2.45) is 0 Å². The average Bonchev–Trinajstić information content (AvgIpc) is 3.31. The first-order chi connectivity index (χ1) is 12.6. The molecular weight excluding hydrogens is 366 g/mol. The lowest BCUT2D eigenvalue weighted by Gasteiger charge is -2.13. The third-order valence-electron chi connectivity index (χ3n) is 3.73. The fourth-order valence-electron chi connectivity index (χ4n) is 2.38. The molecule has 0 fully saturated rings. The summed E-state index contributed by atoms with van der Waals surface area (Å²) in [6.45, 7) is 4.56. The number of hydrogen-bond acceptors (Lipinski definition) is 6. The molecule has 0 aliphatic heterocycles. The molecule has 0 aliphatic rings. The van der Waals surface area contributed by atoms with Crippen LogP contribution in [0.15, 0.2) is 46.9 Å². The number of thiophene rings is 1. The van der Waals surface area contributed by atoms with E-state index in [1.807, 2.05) is 35.9 Å². The molecule has 3 aromatic rings. The first-order valence-corrected chi connectivity index (χ1v) is 9.83. The number of hydrogen-bond donors (Lipinski definition) is 1. The Morgan fingerprint density at radius 2 is 2.15 bits per heavy atom. The number of anilines is 1. The number of benzene rings is 1. The number of carbonyl (C=O) groups excluding carboxylic acids is 1. The fourth-order valence-corrected chi connectivity index (χ4v) is 4.01. The van der Waals surface area contributed by atoms with Gasteiger partial charge in [-0.25, -0.2) is 0 Å². The number of thioether (sulfide) groups is 1. The van der Waals surface area contributed by atoms with E-state index in [1.165, 1.54) is 11.8 Å². The van der Waals surface area contributed by atoms with Crippen LogP contribution in [0.3, 0.4) is 0 Å². The average molecular weight is 384 g/mol. The standard InChI is InChI=1S/C18H17N5OS2/c1-3-23-16(15-9-6-10-25-15)21-22-18(23)26-12(2)17(24)20-14-8-5-4-7-13(14)11-19/h4-10,12H,3H2,1-2H3,(H,20,24)/t12-/m0/s1. The van der Waals surface area contributed by atoms with E-state index in [0.29, 0.717) is 23.0 Å². The lowest BCUT2D eigenvalue weighted by atomic mass is 10.2. The van der Waals surface area contributed by atoms with Crippen molar-refractivity contribution in [3.63, 3.8) is 0 Å². The van der Waals surface area contributed by atoms with Gasteiger partial charge in [0.1, 0.15) is 6.07 Å². The van der Waals surface area contributed by atoms with E-state index >= 15 is 0 Å². The van der Waals surface area contributed by atoms with Gasteiger partial charge in [0, 0.05) is 6.54 Å².